The molecule has 1 N–H and O–H groups in total. The first-order valence-corrected chi connectivity index (χ1v) is 6.14. The lowest BCUT2D eigenvalue weighted by atomic mass is 10.1. The van der Waals surface area contributed by atoms with Gasteiger partial charge in [-0.1, -0.05) is 32.6 Å². The minimum atomic E-state index is 0.825. The fraction of sp³-hybridized carbons (Fsp3) is 1.00. The molecule has 13 heavy (non-hydrogen) atoms. The fourth-order valence-electron chi connectivity index (χ4n) is 2.05. The predicted molar refractivity (Wildman–Crippen MR) is 56.8 cm³/mol. The van der Waals surface area contributed by atoms with Crippen molar-refractivity contribution in [2.45, 2.75) is 70.4 Å². The van der Waals surface area contributed by atoms with Gasteiger partial charge in [-0.05, 0) is 31.6 Å². The molecule has 2 aliphatic carbocycles. The summed E-state index contributed by atoms with van der Waals surface area (Å²) in [5, 5.41) is 3.73. The highest BCUT2D eigenvalue weighted by atomic mass is 15.0. The molecule has 0 aliphatic heterocycles. The Morgan fingerprint density at radius 2 is 2.00 bits per heavy atom. The Hall–Kier alpha value is -0.0400. The summed E-state index contributed by atoms with van der Waals surface area (Å²) in [5.74, 6) is 1.12. The molecule has 2 saturated carbocycles. The van der Waals surface area contributed by atoms with Gasteiger partial charge in [0.15, 0.2) is 0 Å². The predicted octanol–water partition coefficient (Wildman–Crippen LogP) is 3.10. The molecular formula is C12H23N. The molecule has 0 heterocycles. The third-order valence-electron chi connectivity index (χ3n) is 3.40. The van der Waals surface area contributed by atoms with Gasteiger partial charge in [-0.3, -0.25) is 0 Å². The van der Waals surface area contributed by atoms with Crippen molar-refractivity contribution in [1.82, 2.24) is 5.32 Å². The third kappa shape index (κ3) is 3.68. The van der Waals surface area contributed by atoms with E-state index in [0.717, 1.165) is 18.0 Å². The number of rotatable bonds is 7. The monoisotopic (exact) mass is 181 g/mol. The van der Waals surface area contributed by atoms with E-state index in [1.807, 2.05) is 0 Å². The molecule has 2 fully saturated rings. The number of nitrogens with one attached hydrogen (secondary N) is 1. The maximum atomic E-state index is 3.73. The van der Waals surface area contributed by atoms with Crippen LogP contribution in [-0.2, 0) is 0 Å². The van der Waals surface area contributed by atoms with Crippen molar-refractivity contribution in [2.75, 3.05) is 0 Å². The summed E-state index contributed by atoms with van der Waals surface area (Å²) in [6, 6.07) is 1.72. The molecule has 0 aromatic rings. The molecule has 0 aromatic heterocycles. The van der Waals surface area contributed by atoms with Crippen LogP contribution >= 0.6 is 0 Å². The highest BCUT2D eigenvalue weighted by Gasteiger charge is 2.24. The Morgan fingerprint density at radius 1 is 1.23 bits per heavy atom. The first-order chi connectivity index (χ1) is 6.38. The molecule has 0 bridgehead atoms. The van der Waals surface area contributed by atoms with E-state index in [9.17, 15) is 0 Å². The van der Waals surface area contributed by atoms with E-state index in [1.165, 1.54) is 51.4 Å². The number of hydrogen-bond acceptors (Lipinski definition) is 1. The fourth-order valence-corrected chi connectivity index (χ4v) is 2.05. The summed E-state index contributed by atoms with van der Waals surface area (Å²) in [6.45, 7) is 2.32. The minimum absolute atomic E-state index is 0.825. The van der Waals surface area contributed by atoms with Crippen LogP contribution in [-0.4, -0.2) is 12.1 Å². The van der Waals surface area contributed by atoms with E-state index in [1.54, 1.807) is 0 Å². The zero-order valence-electron chi connectivity index (χ0n) is 8.89. The van der Waals surface area contributed by atoms with Crippen molar-refractivity contribution in [3.05, 3.63) is 0 Å². The zero-order chi connectivity index (χ0) is 9.10. The third-order valence-corrected chi connectivity index (χ3v) is 3.40. The van der Waals surface area contributed by atoms with Gasteiger partial charge in [0, 0.05) is 12.1 Å². The van der Waals surface area contributed by atoms with Crippen molar-refractivity contribution in [1.29, 1.82) is 0 Å². The van der Waals surface area contributed by atoms with Gasteiger partial charge in [0.2, 0.25) is 0 Å². The van der Waals surface area contributed by atoms with Gasteiger partial charge in [0.1, 0.15) is 0 Å². The van der Waals surface area contributed by atoms with E-state index < -0.39 is 0 Å². The molecule has 0 amide bonds. The zero-order valence-corrected chi connectivity index (χ0v) is 8.89. The van der Waals surface area contributed by atoms with E-state index >= 15 is 0 Å². The van der Waals surface area contributed by atoms with Crippen LogP contribution in [0.15, 0.2) is 0 Å². The van der Waals surface area contributed by atoms with Crippen LogP contribution < -0.4 is 5.32 Å². The maximum absolute atomic E-state index is 3.73. The van der Waals surface area contributed by atoms with E-state index in [0.29, 0.717) is 0 Å². The lowest BCUT2D eigenvalue weighted by Gasteiger charge is -2.16. The van der Waals surface area contributed by atoms with Gasteiger partial charge in [0.05, 0.1) is 0 Å². The first kappa shape index (κ1) is 9.51. The second-order valence-corrected chi connectivity index (χ2v) is 4.92. The Morgan fingerprint density at radius 3 is 2.54 bits per heavy atom. The van der Waals surface area contributed by atoms with E-state index in [2.05, 4.69) is 12.2 Å². The first-order valence-electron chi connectivity index (χ1n) is 6.14. The molecule has 0 unspecified atom stereocenters. The Bertz CT molecular complexity index is 147. The summed E-state index contributed by atoms with van der Waals surface area (Å²) in [7, 11) is 0. The smallest absolute Gasteiger partial charge is 0.00708 e. The van der Waals surface area contributed by atoms with Crippen molar-refractivity contribution in [3.63, 3.8) is 0 Å². The molecular weight excluding hydrogens is 158 g/mol. The highest BCUT2D eigenvalue weighted by molar-refractivity contribution is 4.84. The molecule has 0 spiro atoms. The summed E-state index contributed by atoms with van der Waals surface area (Å²) in [6.07, 6.45) is 11.6. The molecule has 76 valence electrons. The van der Waals surface area contributed by atoms with Gasteiger partial charge in [-0.25, -0.2) is 0 Å². The molecule has 0 aromatic carbocycles. The van der Waals surface area contributed by atoms with Crippen molar-refractivity contribution in [2.24, 2.45) is 5.92 Å². The van der Waals surface area contributed by atoms with Crippen LogP contribution in [0.3, 0.4) is 0 Å². The lowest BCUT2D eigenvalue weighted by molar-refractivity contribution is 0.440. The number of hydrogen-bond donors (Lipinski definition) is 1. The highest BCUT2D eigenvalue weighted by Crippen LogP contribution is 2.34. The van der Waals surface area contributed by atoms with Gasteiger partial charge in [-0.2, -0.15) is 0 Å². The van der Waals surface area contributed by atoms with Gasteiger partial charge in [-0.15, -0.1) is 0 Å². The quantitative estimate of drug-likeness (QED) is 0.636. The van der Waals surface area contributed by atoms with Crippen LogP contribution in [0, 0.1) is 5.92 Å². The molecule has 1 heteroatoms. The van der Waals surface area contributed by atoms with Crippen molar-refractivity contribution in [3.8, 4) is 0 Å². The Labute approximate surface area is 82.3 Å². The molecule has 2 aliphatic rings. The Balaban J connectivity index is 1.52. The van der Waals surface area contributed by atoms with Gasteiger partial charge >= 0.3 is 0 Å². The SMILES string of the molecule is CC[C@H](CCCC1CC1)NC1CC1. The lowest BCUT2D eigenvalue weighted by Crippen LogP contribution is -2.30. The summed E-state index contributed by atoms with van der Waals surface area (Å²) < 4.78 is 0. The topological polar surface area (TPSA) is 12.0 Å². The Kier molecular flexibility index (Phi) is 3.26. The molecule has 0 radical (unpaired) electrons. The summed E-state index contributed by atoms with van der Waals surface area (Å²) >= 11 is 0. The standard InChI is InChI=1S/C12H23N/c1-2-11(13-12-8-9-12)5-3-4-10-6-7-10/h10-13H,2-9H2,1H3/t11-/m1/s1. The van der Waals surface area contributed by atoms with Crippen LogP contribution in [0.25, 0.3) is 0 Å². The van der Waals surface area contributed by atoms with Gasteiger partial charge < -0.3 is 5.32 Å². The minimum Gasteiger partial charge on any atom is -0.311 e. The van der Waals surface area contributed by atoms with Crippen LogP contribution in [0.1, 0.15) is 58.3 Å². The van der Waals surface area contributed by atoms with E-state index in [-0.39, 0.29) is 0 Å². The molecule has 2 rings (SSSR count). The van der Waals surface area contributed by atoms with Crippen LogP contribution in [0.4, 0.5) is 0 Å². The normalized spacial score (nSPS) is 24.7. The largest absolute Gasteiger partial charge is 0.311 e. The molecule has 1 atom stereocenters. The molecule has 0 saturated heterocycles. The average Bonchev–Trinajstić information content (AvgIpc) is 2.97. The van der Waals surface area contributed by atoms with E-state index in [4.69, 9.17) is 0 Å². The van der Waals surface area contributed by atoms with Crippen molar-refractivity contribution >= 4 is 0 Å². The van der Waals surface area contributed by atoms with Gasteiger partial charge in [0.25, 0.3) is 0 Å². The summed E-state index contributed by atoms with van der Waals surface area (Å²) in [4.78, 5) is 0. The van der Waals surface area contributed by atoms with Crippen molar-refractivity contribution < 1.29 is 0 Å². The second-order valence-electron chi connectivity index (χ2n) is 4.92. The summed E-state index contributed by atoms with van der Waals surface area (Å²) in [5.41, 5.74) is 0. The van der Waals surface area contributed by atoms with Crippen LogP contribution in [0.5, 0.6) is 0 Å². The maximum Gasteiger partial charge on any atom is 0.00708 e. The average molecular weight is 181 g/mol. The van der Waals surface area contributed by atoms with Crippen LogP contribution in [0.2, 0.25) is 0 Å². The second kappa shape index (κ2) is 4.45. The molecule has 1 nitrogen and oxygen atoms in total.